The quantitative estimate of drug-likeness (QED) is 0.450. The molecule has 0 radical (unpaired) electrons. The number of fused-ring (bicyclic) bond motifs is 1. The highest BCUT2D eigenvalue weighted by atomic mass is 19.4. The van der Waals surface area contributed by atoms with Crippen molar-refractivity contribution in [3.8, 4) is 11.3 Å². The van der Waals surface area contributed by atoms with E-state index in [1.54, 1.807) is 24.3 Å². The summed E-state index contributed by atoms with van der Waals surface area (Å²) in [5, 5.41) is 8.51. The minimum absolute atomic E-state index is 0.0104. The fourth-order valence-electron chi connectivity index (χ4n) is 2.89. The maximum absolute atomic E-state index is 13.6. The maximum atomic E-state index is 13.6. The average Bonchev–Trinajstić information content (AvgIpc) is 3.33. The summed E-state index contributed by atoms with van der Waals surface area (Å²) in [6, 6.07) is 10.5. The van der Waals surface area contributed by atoms with Crippen LogP contribution in [0.4, 0.5) is 17.6 Å². The van der Waals surface area contributed by atoms with Gasteiger partial charge in [-0.25, -0.2) is 9.37 Å². The SMILES string of the molecule is O=C(NCc1ccccc1F)c1cc2ccc(-c3cn[nH]c3C(F)(F)F)nc2[nH]1. The number of hydrogen-bond acceptors (Lipinski definition) is 3. The first-order chi connectivity index (χ1) is 13.8. The molecular weight excluding hydrogens is 390 g/mol. The van der Waals surface area contributed by atoms with E-state index in [2.05, 4.69) is 20.4 Å². The molecule has 148 valence electrons. The van der Waals surface area contributed by atoms with Gasteiger partial charge < -0.3 is 10.3 Å². The Balaban J connectivity index is 1.58. The van der Waals surface area contributed by atoms with Crippen molar-refractivity contribution in [3.05, 3.63) is 71.4 Å². The Kier molecular flexibility index (Phi) is 4.53. The number of aromatic amines is 2. The third-order valence-electron chi connectivity index (χ3n) is 4.32. The molecule has 3 aromatic heterocycles. The fraction of sp³-hybridized carbons (Fsp3) is 0.105. The van der Waals surface area contributed by atoms with E-state index < -0.39 is 23.6 Å². The summed E-state index contributed by atoms with van der Waals surface area (Å²) in [6.45, 7) is -0.0104. The predicted molar refractivity (Wildman–Crippen MR) is 96.2 cm³/mol. The minimum Gasteiger partial charge on any atom is -0.347 e. The van der Waals surface area contributed by atoms with Gasteiger partial charge in [0.05, 0.1) is 17.5 Å². The van der Waals surface area contributed by atoms with Crippen LogP contribution in [0.15, 0.2) is 48.7 Å². The van der Waals surface area contributed by atoms with Crippen molar-refractivity contribution in [1.82, 2.24) is 25.5 Å². The molecule has 0 spiro atoms. The molecule has 3 N–H and O–H groups in total. The highest BCUT2D eigenvalue weighted by molar-refractivity contribution is 5.97. The van der Waals surface area contributed by atoms with Gasteiger partial charge in [-0.3, -0.25) is 9.89 Å². The van der Waals surface area contributed by atoms with Crippen molar-refractivity contribution in [3.63, 3.8) is 0 Å². The first-order valence-electron chi connectivity index (χ1n) is 8.45. The molecule has 0 saturated carbocycles. The van der Waals surface area contributed by atoms with Crippen LogP contribution >= 0.6 is 0 Å². The number of benzene rings is 1. The second kappa shape index (κ2) is 7.04. The molecule has 4 aromatic rings. The Hall–Kier alpha value is -3.69. The largest absolute Gasteiger partial charge is 0.433 e. The third-order valence-corrected chi connectivity index (χ3v) is 4.32. The van der Waals surface area contributed by atoms with Gasteiger partial charge in [-0.15, -0.1) is 0 Å². The number of carbonyl (C=O) groups excluding carboxylic acids is 1. The smallest absolute Gasteiger partial charge is 0.347 e. The monoisotopic (exact) mass is 403 g/mol. The van der Waals surface area contributed by atoms with Crippen LogP contribution in [-0.2, 0) is 12.7 Å². The summed E-state index contributed by atoms with van der Waals surface area (Å²) >= 11 is 0. The number of nitrogens with one attached hydrogen (secondary N) is 3. The molecule has 0 saturated heterocycles. The summed E-state index contributed by atoms with van der Waals surface area (Å²) < 4.78 is 52.8. The van der Waals surface area contributed by atoms with E-state index in [0.717, 1.165) is 6.20 Å². The Labute approximate surface area is 161 Å². The summed E-state index contributed by atoms with van der Waals surface area (Å²) in [5.41, 5.74) is -0.411. The highest BCUT2D eigenvalue weighted by Gasteiger charge is 2.36. The summed E-state index contributed by atoms with van der Waals surface area (Å²) in [5.74, 6) is -0.927. The summed E-state index contributed by atoms with van der Waals surface area (Å²) in [4.78, 5) is 19.3. The number of rotatable bonds is 4. The number of halogens is 4. The van der Waals surface area contributed by atoms with E-state index in [0.29, 0.717) is 10.9 Å². The van der Waals surface area contributed by atoms with Crippen LogP contribution < -0.4 is 5.32 Å². The lowest BCUT2D eigenvalue weighted by Gasteiger charge is -2.06. The molecule has 0 atom stereocenters. The second-order valence-electron chi connectivity index (χ2n) is 6.25. The molecule has 1 aromatic carbocycles. The van der Waals surface area contributed by atoms with E-state index in [1.807, 2.05) is 5.10 Å². The van der Waals surface area contributed by atoms with Crippen LogP contribution in [0.2, 0.25) is 0 Å². The van der Waals surface area contributed by atoms with Crippen LogP contribution in [0.5, 0.6) is 0 Å². The topological polar surface area (TPSA) is 86.5 Å². The molecule has 0 fully saturated rings. The Morgan fingerprint density at radius 3 is 2.69 bits per heavy atom. The van der Waals surface area contributed by atoms with E-state index >= 15 is 0 Å². The number of alkyl halides is 3. The first-order valence-corrected chi connectivity index (χ1v) is 8.45. The van der Waals surface area contributed by atoms with E-state index in [9.17, 15) is 22.4 Å². The molecule has 10 heteroatoms. The zero-order valence-electron chi connectivity index (χ0n) is 14.6. The number of aromatic nitrogens is 4. The molecule has 0 aliphatic heterocycles. The number of carbonyl (C=O) groups is 1. The van der Waals surface area contributed by atoms with Gasteiger partial charge in [0, 0.05) is 17.5 Å². The lowest BCUT2D eigenvalue weighted by Crippen LogP contribution is -2.23. The van der Waals surface area contributed by atoms with Crippen molar-refractivity contribution in [2.24, 2.45) is 0 Å². The number of nitrogens with zero attached hydrogens (tertiary/aromatic N) is 2. The van der Waals surface area contributed by atoms with Crippen molar-refractivity contribution in [1.29, 1.82) is 0 Å². The molecule has 0 bridgehead atoms. The van der Waals surface area contributed by atoms with E-state index in [4.69, 9.17) is 0 Å². The van der Waals surface area contributed by atoms with Gasteiger partial charge in [-0.05, 0) is 24.3 Å². The van der Waals surface area contributed by atoms with Crippen LogP contribution in [0.25, 0.3) is 22.3 Å². The number of hydrogen-bond donors (Lipinski definition) is 3. The molecule has 0 aliphatic rings. The van der Waals surface area contributed by atoms with Crippen molar-refractivity contribution in [2.45, 2.75) is 12.7 Å². The summed E-state index contributed by atoms with van der Waals surface area (Å²) in [6.07, 6.45) is -3.56. The first kappa shape index (κ1) is 18.7. The van der Waals surface area contributed by atoms with E-state index in [1.165, 1.54) is 18.2 Å². The molecule has 3 heterocycles. The Morgan fingerprint density at radius 1 is 1.14 bits per heavy atom. The van der Waals surface area contributed by atoms with E-state index in [-0.39, 0.29) is 29.1 Å². The molecule has 0 aliphatic carbocycles. The van der Waals surface area contributed by atoms with Crippen LogP contribution in [0, 0.1) is 5.82 Å². The average molecular weight is 403 g/mol. The van der Waals surface area contributed by atoms with Gasteiger partial charge >= 0.3 is 6.18 Å². The standard InChI is InChI=1S/C19H13F4N5O/c20-13-4-2-1-3-11(13)8-24-18(29)15-7-10-5-6-14(26-17(10)27-15)12-9-25-28-16(12)19(21,22)23/h1-7,9H,8H2,(H,24,29)(H,25,28)(H,26,27). The third kappa shape index (κ3) is 3.68. The normalized spacial score (nSPS) is 11.7. The van der Waals surface area contributed by atoms with Gasteiger partial charge in [-0.1, -0.05) is 18.2 Å². The number of pyridine rings is 1. The van der Waals surface area contributed by atoms with Crippen molar-refractivity contribution < 1.29 is 22.4 Å². The zero-order valence-corrected chi connectivity index (χ0v) is 14.6. The lowest BCUT2D eigenvalue weighted by molar-refractivity contribution is -0.140. The second-order valence-corrected chi connectivity index (χ2v) is 6.25. The number of amides is 1. The van der Waals surface area contributed by atoms with Crippen molar-refractivity contribution in [2.75, 3.05) is 0 Å². The van der Waals surface area contributed by atoms with Crippen LogP contribution in [-0.4, -0.2) is 26.1 Å². The van der Waals surface area contributed by atoms with Gasteiger partial charge in [0.2, 0.25) is 0 Å². The number of H-pyrrole nitrogens is 2. The van der Waals surface area contributed by atoms with Crippen LogP contribution in [0.1, 0.15) is 21.7 Å². The molecule has 4 rings (SSSR count). The summed E-state index contributed by atoms with van der Waals surface area (Å²) in [7, 11) is 0. The Bertz CT molecular complexity index is 1190. The van der Waals surface area contributed by atoms with Gasteiger partial charge in [0.15, 0.2) is 0 Å². The Morgan fingerprint density at radius 2 is 1.93 bits per heavy atom. The zero-order chi connectivity index (χ0) is 20.6. The van der Waals surface area contributed by atoms with Crippen LogP contribution in [0.3, 0.4) is 0 Å². The lowest BCUT2D eigenvalue weighted by atomic mass is 10.1. The fourth-order valence-corrected chi connectivity index (χ4v) is 2.89. The van der Waals surface area contributed by atoms with Crippen molar-refractivity contribution >= 4 is 16.9 Å². The van der Waals surface area contributed by atoms with Gasteiger partial charge in [-0.2, -0.15) is 18.3 Å². The minimum atomic E-state index is -4.60. The maximum Gasteiger partial charge on any atom is 0.433 e. The molecule has 1 amide bonds. The van der Waals surface area contributed by atoms with Gasteiger partial charge in [0.25, 0.3) is 5.91 Å². The predicted octanol–water partition coefficient (Wildman–Crippen LogP) is 4.04. The molecule has 29 heavy (non-hydrogen) atoms. The molecule has 6 nitrogen and oxygen atoms in total. The highest BCUT2D eigenvalue weighted by Crippen LogP contribution is 2.35. The van der Waals surface area contributed by atoms with Gasteiger partial charge in [0.1, 0.15) is 22.9 Å². The molecular formula is C19H13F4N5O. The molecule has 0 unspecified atom stereocenters.